The van der Waals surface area contributed by atoms with Crippen molar-refractivity contribution in [2.24, 2.45) is 17.8 Å². The van der Waals surface area contributed by atoms with Gasteiger partial charge in [0, 0.05) is 12.0 Å². The Morgan fingerprint density at radius 1 is 1.37 bits per heavy atom. The van der Waals surface area contributed by atoms with E-state index in [2.05, 4.69) is 47.4 Å². The van der Waals surface area contributed by atoms with E-state index in [-0.39, 0.29) is 17.1 Å². The highest BCUT2D eigenvalue weighted by atomic mass is 28.4. The first-order chi connectivity index (χ1) is 8.51. The van der Waals surface area contributed by atoms with E-state index in [1.807, 2.05) is 6.92 Å². The average molecular weight is 282 g/mol. The highest BCUT2D eigenvalue weighted by molar-refractivity contribution is 6.74. The van der Waals surface area contributed by atoms with Gasteiger partial charge in [-0.25, -0.2) is 0 Å². The normalized spacial score (nSPS) is 32.4. The number of carbonyl (C=O) groups excluding carboxylic acids is 1. The van der Waals surface area contributed by atoms with E-state index >= 15 is 0 Å². The molecule has 1 rings (SSSR count). The predicted octanol–water partition coefficient (Wildman–Crippen LogP) is 4.42. The zero-order valence-electron chi connectivity index (χ0n) is 13.6. The van der Waals surface area contributed by atoms with Crippen molar-refractivity contribution < 1.29 is 9.22 Å². The van der Waals surface area contributed by atoms with Gasteiger partial charge in [0.2, 0.25) is 0 Å². The third-order valence-corrected chi connectivity index (χ3v) is 9.69. The molecule has 4 atom stereocenters. The molecule has 0 N–H and O–H groups in total. The van der Waals surface area contributed by atoms with Crippen LogP contribution < -0.4 is 0 Å². The second-order valence-electron chi connectivity index (χ2n) is 7.68. The minimum Gasteiger partial charge on any atom is -0.414 e. The van der Waals surface area contributed by atoms with Crippen LogP contribution in [0.2, 0.25) is 18.1 Å². The van der Waals surface area contributed by atoms with E-state index in [0.29, 0.717) is 11.8 Å². The van der Waals surface area contributed by atoms with Gasteiger partial charge >= 0.3 is 0 Å². The molecule has 3 heteroatoms. The molecule has 1 fully saturated rings. The lowest BCUT2D eigenvalue weighted by Crippen LogP contribution is -2.44. The molecule has 0 heterocycles. The smallest absolute Gasteiger partial charge is 0.192 e. The fourth-order valence-corrected chi connectivity index (χ4v) is 4.12. The Kier molecular flexibility index (Phi) is 4.84. The van der Waals surface area contributed by atoms with E-state index in [4.69, 9.17) is 4.43 Å². The van der Waals surface area contributed by atoms with Crippen molar-refractivity contribution >= 4 is 14.6 Å². The van der Waals surface area contributed by atoms with Crippen LogP contribution in [0.15, 0.2) is 12.2 Å². The van der Waals surface area contributed by atoms with Crippen LogP contribution in [0.25, 0.3) is 0 Å². The van der Waals surface area contributed by atoms with Crippen LogP contribution in [-0.2, 0) is 9.22 Å². The molecular weight excluding hydrogens is 252 g/mol. The maximum absolute atomic E-state index is 11.4. The molecule has 0 aromatic rings. The second-order valence-corrected chi connectivity index (χ2v) is 12.4. The average Bonchev–Trinajstić information content (AvgIpc) is 2.54. The third kappa shape index (κ3) is 3.37. The number of rotatable bonds is 4. The molecule has 0 amide bonds. The summed E-state index contributed by atoms with van der Waals surface area (Å²) >= 11 is 0. The molecule has 110 valence electrons. The first-order valence-corrected chi connectivity index (χ1v) is 10.2. The molecule has 1 unspecified atom stereocenters. The second kappa shape index (κ2) is 5.53. The molecule has 1 saturated carbocycles. The van der Waals surface area contributed by atoms with E-state index in [1.165, 1.54) is 0 Å². The number of hydrogen-bond donors (Lipinski definition) is 0. The maximum Gasteiger partial charge on any atom is 0.192 e. The van der Waals surface area contributed by atoms with Gasteiger partial charge in [-0.1, -0.05) is 39.8 Å². The van der Waals surface area contributed by atoms with Gasteiger partial charge in [0.05, 0.1) is 0 Å². The van der Waals surface area contributed by atoms with Gasteiger partial charge in [-0.05, 0) is 43.3 Å². The Morgan fingerprint density at radius 3 is 2.21 bits per heavy atom. The standard InChI is InChI=1S/C16H30O2Si/c1-11(2)13-9-15(12(3)14(13)10-17)18-19(7,8)16(4,5)6/h10,12-15H,1,9H2,2-8H3/t12-,13-,14+,15?/m0/s1. The fraction of sp³-hybridized carbons (Fsp3) is 0.812. The van der Waals surface area contributed by atoms with E-state index in [1.54, 1.807) is 0 Å². The Bertz CT molecular complexity index is 354. The largest absolute Gasteiger partial charge is 0.414 e. The summed E-state index contributed by atoms with van der Waals surface area (Å²) in [5.74, 6) is 0.669. The molecule has 2 nitrogen and oxygen atoms in total. The van der Waals surface area contributed by atoms with Gasteiger partial charge in [0.25, 0.3) is 0 Å². The molecule has 0 bridgehead atoms. The van der Waals surface area contributed by atoms with Gasteiger partial charge in [0.15, 0.2) is 8.32 Å². The number of hydrogen-bond acceptors (Lipinski definition) is 2. The van der Waals surface area contributed by atoms with Crippen molar-refractivity contribution in [3.05, 3.63) is 12.2 Å². The van der Waals surface area contributed by atoms with Crippen molar-refractivity contribution in [3.8, 4) is 0 Å². The van der Waals surface area contributed by atoms with Crippen LogP contribution in [-0.4, -0.2) is 20.7 Å². The molecule has 19 heavy (non-hydrogen) atoms. The van der Waals surface area contributed by atoms with Crippen LogP contribution in [0.1, 0.15) is 41.0 Å². The van der Waals surface area contributed by atoms with Crippen LogP contribution in [0.5, 0.6) is 0 Å². The van der Waals surface area contributed by atoms with Gasteiger partial charge in [-0.15, -0.1) is 0 Å². The quantitative estimate of drug-likeness (QED) is 0.433. The lowest BCUT2D eigenvalue weighted by atomic mass is 9.88. The van der Waals surface area contributed by atoms with Crippen LogP contribution in [0.4, 0.5) is 0 Å². The van der Waals surface area contributed by atoms with E-state index < -0.39 is 8.32 Å². The summed E-state index contributed by atoms with van der Waals surface area (Å²) in [7, 11) is -1.76. The Labute approximate surface area is 119 Å². The fourth-order valence-electron chi connectivity index (χ4n) is 2.70. The molecule has 0 spiro atoms. The highest BCUT2D eigenvalue weighted by Crippen LogP contribution is 2.45. The lowest BCUT2D eigenvalue weighted by Gasteiger charge is -2.39. The Hall–Kier alpha value is -0.413. The van der Waals surface area contributed by atoms with Crippen molar-refractivity contribution in [1.82, 2.24) is 0 Å². The van der Waals surface area contributed by atoms with Gasteiger partial charge in [0.1, 0.15) is 6.29 Å². The zero-order valence-corrected chi connectivity index (χ0v) is 14.6. The maximum atomic E-state index is 11.4. The molecular formula is C16H30O2Si. The lowest BCUT2D eigenvalue weighted by molar-refractivity contribution is -0.113. The summed E-state index contributed by atoms with van der Waals surface area (Å²) < 4.78 is 6.53. The van der Waals surface area contributed by atoms with Crippen molar-refractivity contribution in [1.29, 1.82) is 0 Å². The SMILES string of the molecule is C=C(C)[C@@H]1CC(O[Si](C)(C)C(C)(C)C)[C@@H](C)[C@H]1C=O. The Morgan fingerprint density at radius 2 is 1.89 bits per heavy atom. The minimum atomic E-state index is -1.76. The molecule has 0 aromatic carbocycles. The van der Waals surface area contributed by atoms with Gasteiger partial charge in [-0.2, -0.15) is 0 Å². The van der Waals surface area contributed by atoms with E-state index in [9.17, 15) is 4.79 Å². The highest BCUT2D eigenvalue weighted by Gasteiger charge is 2.46. The molecule has 1 aliphatic carbocycles. The third-order valence-electron chi connectivity index (χ3n) is 5.19. The molecule has 1 aliphatic rings. The van der Waals surface area contributed by atoms with Crippen LogP contribution >= 0.6 is 0 Å². The van der Waals surface area contributed by atoms with Crippen molar-refractivity contribution in [3.63, 3.8) is 0 Å². The zero-order chi connectivity index (χ0) is 15.0. The topological polar surface area (TPSA) is 26.3 Å². The number of allylic oxidation sites excluding steroid dienone is 1. The summed E-state index contributed by atoms with van der Waals surface area (Å²) in [5.41, 5.74) is 1.12. The molecule has 0 aromatic heterocycles. The predicted molar refractivity (Wildman–Crippen MR) is 83.7 cm³/mol. The summed E-state index contributed by atoms with van der Waals surface area (Å²) in [6.45, 7) is 19.6. The number of aldehydes is 1. The minimum absolute atomic E-state index is 0.0762. The van der Waals surface area contributed by atoms with Crippen LogP contribution in [0.3, 0.4) is 0 Å². The van der Waals surface area contributed by atoms with Crippen molar-refractivity contribution in [2.45, 2.75) is 65.3 Å². The van der Waals surface area contributed by atoms with Crippen molar-refractivity contribution in [2.75, 3.05) is 0 Å². The summed E-state index contributed by atoms with van der Waals surface area (Å²) in [6.07, 6.45) is 2.27. The summed E-state index contributed by atoms with van der Waals surface area (Å²) in [6, 6.07) is 0. The summed E-state index contributed by atoms with van der Waals surface area (Å²) in [5, 5.41) is 0.213. The first-order valence-electron chi connectivity index (χ1n) is 7.29. The monoisotopic (exact) mass is 282 g/mol. The van der Waals surface area contributed by atoms with Gasteiger partial charge in [-0.3, -0.25) is 0 Å². The first kappa shape index (κ1) is 16.6. The van der Waals surface area contributed by atoms with Gasteiger partial charge < -0.3 is 9.22 Å². The molecule has 0 saturated heterocycles. The Balaban J connectivity index is 2.87. The molecule has 0 radical (unpaired) electrons. The van der Waals surface area contributed by atoms with Crippen LogP contribution in [0, 0.1) is 17.8 Å². The summed E-state index contributed by atoms with van der Waals surface area (Å²) in [4.78, 5) is 11.4. The van der Waals surface area contributed by atoms with E-state index in [0.717, 1.165) is 18.3 Å². The molecule has 0 aliphatic heterocycles. The number of carbonyl (C=O) groups is 1.